The van der Waals surface area contributed by atoms with Crippen molar-refractivity contribution in [3.63, 3.8) is 0 Å². The van der Waals surface area contributed by atoms with Gasteiger partial charge in [-0.1, -0.05) is 6.08 Å². The zero-order valence-corrected chi connectivity index (χ0v) is 6.27. The Labute approximate surface area is 67.7 Å². The van der Waals surface area contributed by atoms with E-state index in [0.717, 1.165) is 6.08 Å². The maximum absolute atomic E-state index is 12.0. The van der Waals surface area contributed by atoms with Gasteiger partial charge < -0.3 is 5.11 Å². The molecule has 0 rings (SSSR count). The van der Waals surface area contributed by atoms with Gasteiger partial charge in [0.05, 0.1) is 12.3 Å². The molecule has 1 unspecified atom stereocenters. The van der Waals surface area contributed by atoms with Crippen LogP contribution in [0.3, 0.4) is 0 Å². The molecule has 0 aromatic heterocycles. The van der Waals surface area contributed by atoms with E-state index in [1.54, 1.807) is 0 Å². The van der Waals surface area contributed by atoms with Crippen LogP contribution in [0, 0.1) is 5.92 Å². The van der Waals surface area contributed by atoms with Crippen LogP contribution in [-0.4, -0.2) is 17.3 Å². The van der Waals surface area contributed by atoms with Crippen LogP contribution in [0.25, 0.3) is 0 Å². The van der Waals surface area contributed by atoms with Gasteiger partial charge in [0.15, 0.2) is 0 Å². The third kappa shape index (κ3) is 4.00. The molecule has 0 bridgehead atoms. The van der Waals surface area contributed by atoms with Crippen molar-refractivity contribution in [3.05, 3.63) is 12.7 Å². The van der Waals surface area contributed by atoms with Gasteiger partial charge in [0.1, 0.15) is 0 Å². The summed E-state index contributed by atoms with van der Waals surface area (Å²) in [5.41, 5.74) is 0. The molecule has 2 nitrogen and oxygen atoms in total. The highest BCUT2D eigenvalue weighted by Crippen LogP contribution is 2.31. The van der Waals surface area contributed by atoms with Crippen molar-refractivity contribution in [2.24, 2.45) is 5.92 Å². The summed E-state index contributed by atoms with van der Waals surface area (Å²) in [4.78, 5) is 10.00. The van der Waals surface area contributed by atoms with Crippen molar-refractivity contribution in [2.75, 3.05) is 0 Å². The van der Waals surface area contributed by atoms with E-state index in [1.165, 1.54) is 0 Å². The summed E-state index contributed by atoms with van der Waals surface area (Å²) < 4.78 is 35.9. The molecule has 0 spiro atoms. The zero-order valence-electron chi connectivity index (χ0n) is 6.27. The molecule has 0 aliphatic rings. The van der Waals surface area contributed by atoms with Crippen LogP contribution in [0.1, 0.15) is 12.8 Å². The van der Waals surface area contributed by atoms with E-state index in [-0.39, 0.29) is 6.42 Å². The van der Waals surface area contributed by atoms with Crippen molar-refractivity contribution in [3.8, 4) is 0 Å². The molecule has 0 aliphatic carbocycles. The predicted octanol–water partition coefficient (Wildman–Crippen LogP) is 2.22. The van der Waals surface area contributed by atoms with E-state index in [9.17, 15) is 18.0 Å². The van der Waals surface area contributed by atoms with Crippen LogP contribution >= 0.6 is 0 Å². The summed E-state index contributed by atoms with van der Waals surface area (Å²) in [6, 6.07) is 0. The molecule has 5 heteroatoms. The Morgan fingerprint density at radius 3 is 2.33 bits per heavy atom. The second-order valence-corrected chi connectivity index (χ2v) is 2.36. The monoisotopic (exact) mass is 182 g/mol. The number of aliphatic carboxylic acids is 1. The van der Waals surface area contributed by atoms with Crippen molar-refractivity contribution >= 4 is 5.97 Å². The molecule has 0 aromatic carbocycles. The molecule has 1 atom stereocenters. The van der Waals surface area contributed by atoms with Crippen LogP contribution in [-0.2, 0) is 4.79 Å². The fourth-order valence-electron chi connectivity index (χ4n) is 0.745. The van der Waals surface area contributed by atoms with Crippen molar-refractivity contribution < 1.29 is 23.1 Å². The lowest BCUT2D eigenvalue weighted by Crippen LogP contribution is -2.24. The van der Waals surface area contributed by atoms with Gasteiger partial charge in [-0.05, 0) is 6.42 Å². The van der Waals surface area contributed by atoms with Crippen molar-refractivity contribution in [1.82, 2.24) is 0 Å². The van der Waals surface area contributed by atoms with Gasteiger partial charge >= 0.3 is 12.1 Å². The first-order valence-corrected chi connectivity index (χ1v) is 3.27. The Kier molecular flexibility index (Phi) is 3.79. The number of carbonyl (C=O) groups is 1. The molecule has 0 aliphatic heterocycles. The van der Waals surface area contributed by atoms with E-state index in [4.69, 9.17) is 5.11 Å². The number of hydrogen-bond donors (Lipinski definition) is 1. The number of alkyl halides is 3. The maximum Gasteiger partial charge on any atom is 0.392 e. The Morgan fingerprint density at radius 1 is 1.58 bits per heavy atom. The van der Waals surface area contributed by atoms with E-state index < -0.39 is 24.5 Å². The lowest BCUT2D eigenvalue weighted by atomic mass is 10.0. The van der Waals surface area contributed by atoms with Crippen LogP contribution in [0.2, 0.25) is 0 Å². The zero-order chi connectivity index (χ0) is 9.78. The van der Waals surface area contributed by atoms with Crippen LogP contribution in [0.15, 0.2) is 12.7 Å². The Morgan fingerprint density at radius 2 is 2.08 bits per heavy atom. The molecular formula is C7H9F3O2. The maximum atomic E-state index is 12.0. The minimum atomic E-state index is -4.45. The molecule has 0 radical (unpaired) electrons. The van der Waals surface area contributed by atoms with Crippen LogP contribution < -0.4 is 0 Å². The number of hydrogen-bond acceptors (Lipinski definition) is 1. The predicted molar refractivity (Wildman–Crippen MR) is 36.6 cm³/mol. The van der Waals surface area contributed by atoms with Gasteiger partial charge in [-0.15, -0.1) is 6.58 Å². The molecule has 0 saturated heterocycles. The highest BCUT2D eigenvalue weighted by molar-refractivity contribution is 5.67. The minimum absolute atomic E-state index is 0.351. The van der Waals surface area contributed by atoms with Crippen molar-refractivity contribution in [1.29, 1.82) is 0 Å². The minimum Gasteiger partial charge on any atom is -0.481 e. The Hall–Kier alpha value is -1.00. The number of carboxylic acid groups (broad SMARTS) is 1. The summed E-state index contributed by atoms with van der Waals surface area (Å²) in [5.74, 6) is -3.26. The lowest BCUT2D eigenvalue weighted by Gasteiger charge is -2.15. The van der Waals surface area contributed by atoms with Gasteiger partial charge in [0.2, 0.25) is 0 Å². The first-order valence-electron chi connectivity index (χ1n) is 3.27. The average Bonchev–Trinajstić information content (AvgIpc) is 1.83. The normalized spacial score (nSPS) is 13.9. The van der Waals surface area contributed by atoms with Gasteiger partial charge in [0.25, 0.3) is 0 Å². The number of rotatable bonds is 4. The van der Waals surface area contributed by atoms with Gasteiger partial charge in [-0.3, -0.25) is 4.79 Å². The molecule has 12 heavy (non-hydrogen) atoms. The fourth-order valence-corrected chi connectivity index (χ4v) is 0.745. The molecular weight excluding hydrogens is 173 g/mol. The summed E-state index contributed by atoms with van der Waals surface area (Å²) in [5, 5.41) is 8.14. The summed E-state index contributed by atoms with van der Waals surface area (Å²) in [7, 11) is 0. The van der Waals surface area contributed by atoms with Gasteiger partial charge in [0, 0.05) is 0 Å². The van der Waals surface area contributed by atoms with E-state index in [2.05, 4.69) is 6.58 Å². The standard InChI is InChI=1S/C7H9F3O2/c1-2-3-5(4-6(11)12)7(8,9)10/h2,5H,1,3-4H2,(H,11,12). The average molecular weight is 182 g/mol. The fraction of sp³-hybridized carbons (Fsp3) is 0.571. The summed E-state index contributed by atoms with van der Waals surface area (Å²) >= 11 is 0. The second kappa shape index (κ2) is 4.13. The van der Waals surface area contributed by atoms with Crippen LogP contribution in [0.4, 0.5) is 13.2 Å². The van der Waals surface area contributed by atoms with E-state index in [1.807, 2.05) is 0 Å². The first-order chi connectivity index (χ1) is 5.38. The lowest BCUT2D eigenvalue weighted by molar-refractivity contribution is -0.182. The largest absolute Gasteiger partial charge is 0.481 e. The number of carboxylic acids is 1. The number of halogens is 3. The van der Waals surface area contributed by atoms with E-state index >= 15 is 0 Å². The second-order valence-electron chi connectivity index (χ2n) is 2.36. The smallest absolute Gasteiger partial charge is 0.392 e. The third-order valence-corrected chi connectivity index (χ3v) is 1.34. The van der Waals surface area contributed by atoms with Crippen LogP contribution in [0.5, 0.6) is 0 Å². The molecule has 70 valence electrons. The molecule has 0 aromatic rings. The van der Waals surface area contributed by atoms with Gasteiger partial charge in [-0.2, -0.15) is 13.2 Å². The number of allylic oxidation sites excluding steroid dienone is 1. The van der Waals surface area contributed by atoms with Gasteiger partial charge in [-0.25, -0.2) is 0 Å². The molecule has 0 heterocycles. The Balaban J connectivity index is 4.22. The topological polar surface area (TPSA) is 37.3 Å². The highest BCUT2D eigenvalue weighted by Gasteiger charge is 2.39. The highest BCUT2D eigenvalue weighted by atomic mass is 19.4. The first kappa shape index (κ1) is 11.0. The molecule has 0 amide bonds. The molecule has 0 saturated carbocycles. The van der Waals surface area contributed by atoms with E-state index in [0.29, 0.717) is 0 Å². The molecule has 0 fully saturated rings. The summed E-state index contributed by atoms with van der Waals surface area (Å²) in [6.07, 6.45) is -4.63. The summed E-state index contributed by atoms with van der Waals surface area (Å²) in [6.45, 7) is 3.13. The van der Waals surface area contributed by atoms with Crippen molar-refractivity contribution in [2.45, 2.75) is 19.0 Å². The SMILES string of the molecule is C=CCC(CC(=O)O)C(F)(F)F. The Bertz CT molecular complexity index is 174. The quantitative estimate of drug-likeness (QED) is 0.677. The molecule has 1 N–H and O–H groups in total. The third-order valence-electron chi connectivity index (χ3n) is 1.34.